The summed E-state index contributed by atoms with van der Waals surface area (Å²) in [5.41, 5.74) is 0. The summed E-state index contributed by atoms with van der Waals surface area (Å²) < 4.78 is 9.53. The van der Waals surface area contributed by atoms with Crippen LogP contribution in [0.4, 0.5) is 4.79 Å². The third kappa shape index (κ3) is 5.04. The van der Waals surface area contributed by atoms with Crippen LogP contribution in [0, 0.1) is 0 Å². The Morgan fingerprint density at radius 2 is 2.05 bits per heavy atom. The molecule has 2 N–H and O–H groups in total. The number of methoxy groups -OCH3 is 1. The minimum Gasteiger partial charge on any atom is -0.480 e. The molecule has 0 spiro atoms. The SMILES string of the molecule is CCOC(=O)CN(C(=O)NC(COC)C(=O)O)C1CC1. The van der Waals surface area contributed by atoms with E-state index in [0.717, 1.165) is 12.8 Å². The highest BCUT2D eigenvalue weighted by molar-refractivity contribution is 5.85. The summed E-state index contributed by atoms with van der Waals surface area (Å²) in [5.74, 6) is -1.69. The number of esters is 1. The first-order valence-electron chi connectivity index (χ1n) is 6.44. The molecule has 0 aliphatic heterocycles. The molecule has 8 heteroatoms. The lowest BCUT2D eigenvalue weighted by molar-refractivity contribution is -0.143. The number of carboxylic acid groups (broad SMARTS) is 1. The number of carbonyl (C=O) groups is 3. The first kappa shape index (κ1) is 16.2. The first-order chi connectivity index (χ1) is 9.49. The standard InChI is InChI=1S/C12H20N2O6/c1-3-20-10(15)6-14(8-4-5-8)12(18)13-9(7-19-2)11(16)17/h8-9H,3-7H2,1-2H3,(H,13,18)(H,16,17). The lowest BCUT2D eigenvalue weighted by Gasteiger charge is -2.24. The van der Waals surface area contributed by atoms with Crippen molar-refractivity contribution in [1.29, 1.82) is 0 Å². The number of urea groups is 1. The Balaban J connectivity index is 2.59. The van der Waals surface area contributed by atoms with E-state index in [2.05, 4.69) is 5.32 Å². The van der Waals surface area contributed by atoms with Crippen LogP contribution < -0.4 is 5.32 Å². The van der Waals surface area contributed by atoms with Gasteiger partial charge in [0.1, 0.15) is 6.54 Å². The number of amides is 2. The van der Waals surface area contributed by atoms with Crippen LogP contribution in [0.1, 0.15) is 19.8 Å². The predicted molar refractivity (Wildman–Crippen MR) is 68.2 cm³/mol. The minimum atomic E-state index is -1.19. The molecule has 0 heterocycles. The van der Waals surface area contributed by atoms with E-state index in [1.165, 1.54) is 12.0 Å². The van der Waals surface area contributed by atoms with E-state index in [9.17, 15) is 14.4 Å². The van der Waals surface area contributed by atoms with Crippen molar-refractivity contribution in [3.63, 3.8) is 0 Å². The van der Waals surface area contributed by atoms with Gasteiger partial charge in [-0.05, 0) is 19.8 Å². The van der Waals surface area contributed by atoms with Gasteiger partial charge in [-0.1, -0.05) is 0 Å². The highest BCUT2D eigenvalue weighted by atomic mass is 16.5. The monoisotopic (exact) mass is 288 g/mol. The third-order valence-corrected chi connectivity index (χ3v) is 2.78. The van der Waals surface area contributed by atoms with Crippen molar-refractivity contribution < 1.29 is 29.0 Å². The molecule has 2 amide bonds. The fourth-order valence-electron chi connectivity index (χ4n) is 1.67. The molecule has 0 radical (unpaired) electrons. The number of rotatable bonds is 8. The van der Waals surface area contributed by atoms with E-state index in [1.54, 1.807) is 6.92 Å². The Bertz CT molecular complexity index is 369. The largest absolute Gasteiger partial charge is 0.480 e. The van der Waals surface area contributed by atoms with Crippen molar-refractivity contribution in [1.82, 2.24) is 10.2 Å². The van der Waals surface area contributed by atoms with Crippen molar-refractivity contribution >= 4 is 18.0 Å². The zero-order valence-electron chi connectivity index (χ0n) is 11.6. The Hall–Kier alpha value is -1.83. The Labute approximate surface area is 117 Å². The summed E-state index contributed by atoms with van der Waals surface area (Å²) in [7, 11) is 1.35. The van der Waals surface area contributed by atoms with Gasteiger partial charge in [0.05, 0.1) is 13.2 Å². The highest BCUT2D eigenvalue weighted by Gasteiger charge is 2.35. The lowest BCUT2D eigenvalue weighted by atomic mass is 10.3. The molecule has 114 valence electrons. The number of aliphatic carboxylic acids is 1. The number of hydrogen-bond donors (Lipinski definition) is 2. The van der Waals surface area contributed by atoms with Crippen LogP contribution >= 0.6 is 0 Å². The van der Waals surface area contributed by atoms with Crippen LogP contribution in [0.3, 0.4) is 0 Å². The van der Waals surface area contributed by atoms with Gasteiger partial charge in [0.25, 0.3) is 0 Å². The summed E-state index contributed by atoms with van der Waals surface area (Å²) in [6.07, 6.45) is 1.60. The molecule has 1 rings (SSSR count). The molecule has 1 fully saturated rings. The van der Waals surface area contributed by atoms with Gasteiger partial charge >= 0.3 is 18.0 Å². The topological polar surface area (TPSA) is 105 Å². The quantitative estimate of drug-likeness (QED) is 0.600. The van der Waals surface area contributed by atoms with Gasteiger partial charge in [0, 0.05) is 13.2 Å². The van der Waals surface area contributed by atoms with Gasteiger partial charge < -0.3 is 24.8 Å². The average molecular weight is 288 g/mol. The lowest BCUT2D eigenvalue weighted by Crippen LogP contribution is -2.51. The van der Waals surface area contributed by atoms with E-state index in [0.29, 0.717) is 0 Å². The number of ether oxygens (including phenoxy) is 2. The van der Waals surface area contributed by atoms with Crippen LogP contribution in [0.2, 0.25) is 0 Å². The molecule has 0 aromatic carbocycles. The molecule has 1 aliphatic carbocycles. The Morgan fingerprint density at radius 1 is 1.40 bits per heavy atom. The molecule has 20 heavy (non-hydrogen) atoms. The number of nitrogens with zero attached hydrogens (tertiary/aromatic N) is 1. The minimum absolute atomic E-state index is 0.0311. The molecule has 1 aliphatic rings. The van der Waals surface area contributed by atoms with Crippen LogP contribution in [0.25, 0.3) is 0 Å². The molecule has 0 aromatic rings. The molecule has 1 atom stereocenters. The Morgan fingerprint density at radius 3 is 2.50 bits per heavy atom. The summed E-state index contributed by atoms with van der Waals surface area (Å²) >= 11 is 0. The number of carboxylic acids is 1. The predicted octanol–water partition coefficient (Wildman–Crippen LogP) is -0.177. The zero-order chi connectivity index (χ0) is 15.1. The molecule has 0 bridgehead atoms. The van der Waals surface area contributed by atoms with Gasteiger partial charge in [-0.2, -0.15) is 0 Å². The molecule has 0 saturated heterocycles. The first-order valence-corrected chi connectivity index (χ1v) is 6.44. The molecular weight excluding hydrogens is 268 g/mol. The molecule has 1 saturated carbocycles. The molecule has 1 unspecified atom stereocenters. The third-order valence-electron chi connectivity index (χ3n) is 2.78. The van der Waals surface area contributed by atoms with Crippen LogP contribution in [-0.2, 0) is 19.1 Å². The van der Waals surface area contributed by atoms with Gasteiger partial charge in [-0.3, -0.25) is 4.79 Å². The molecular formula is C12H20N2O6. The van der Waals surface area contributed by atoms with E-state index in [1.807, 2.05) is 0 Å². The van der Waals surface area contributed by atoms with Crippen LogP contribution in [-0.4, -0.2) is 66.9 Å². The van der Waals surface area contributed by atoms with E-state index in [4.69, 9.17) is 14.6 Å². The molecule has 0 aromatic heterocycles. The number of nitrogens with one attached hydrogen (secondary N) is 1. The number of carbonyl (C=O) groups excluding carboxylic acids is 2. The van der Waals surface area contributed by atoms with Crippen molar-refractivity contribution in [2.75, 3.05) is 26.9 Å². The smallest absolute Gasteiger partial charge is 0.328 e. The van der Waals surface area contributed by atoms with Crippen molar-refractivity contribution in [3.8, 4) is 0 Å². The van der Waals surface area contributed by atoms with E-state index >= 15 is 0 Å². The summed E-state index contributed by atoms with van der Waals surface area (Å²) in [6, 6.07) is -1.77. The number of hydrogen-bond acceptors (Lipinski definition) is 5. The summed E-state index contributed by atoms with van der Waals surface area (Å²) in [5, 5.41) is 11.3. The summed E-state index contributed by atoms with van der Waals surface area (Å²) in [4.78, 5) is 35.8. The fraction of sp³-hybridized carbons (Fsp3) is 0.750. The Kier molecular flexibility index (Phi) is 6.23. The van der Waals surface area contributed by atoms with Crippen LogP contribution in [0.15, 0.2) is 0 Å². The van der Waals surface area contributed by atoms with Gasteiger partial charge in [0.2, 0.25) is 0 Å². The second-order valence-electron chi connectivity index (χ2n) is 4.46. The second-order valence-corrected chi connectivity index (χ2v) is 4.46. The van der Waals surface area contributed by atoms with Crippen molar-refractivity contribution in [3.05, 3.63) is 0 Å². The maximum atomic E-state index is 12.0. The molecule has 8 nitrogen and oxygen atoms in total. The fourth-order valence-corrected chi connectivity index (χ4v) is 1.67. The van der Waals surface area contributed by atoms with Gasteiger partial charge in [-0.25, -0.2) is 9.59 Å². The van der Waals surface area contributed by atoms with Crippen LogP contribution in [0.5, 0.6) is 0 Å². The normalized spacial score (nSPS) is 15.3. The average Bonchev–Trinajstić information content (AvgIpc) is 3.19. The van der Waals surface area contributed by atoms with Gasteiger partial charge in [-0.15, -0.1) is 0 Å². The second kappa shape index (κ2) is 7.68. The highest BCUT2D eigenvalue weighted by Crippen LogP contribution is 2.26. The van der Waals surface area contributed by atoms with Crippen molar-refractivity contribution in [2.45, 2.75) is 31.8 Å². The summed E-state index contributed by atoms with van der Waals surface area (Å²) in [6.45, 7) is 1.60. The van der Waals surface area contributed by atoms with E-state index < -0.39 is 24.0 Å². The maximum Gasteiger partial charge on any atom is 0.328 e. The van der Waals surface area contributed by atoms with Crippen molar-refractivity contribution in [2.24, 2.45) is 0 Å². The zero-order valence-corrected chi connectivity index (χ0v) is 11.6. The maximum absolute atomic E-state index is 12.0. The van der Waals surface area contributed by atoms with E-state index in [-0.39, 0.29) is 25.8 Å². The van der Waals surface area contributed by atoms with Gasteiger partial charge in [0.15, 0.2) is 6.04 Å².